The van der Waals surface area contributed by atoms with Crippen LogP contribution in [0.4, 0.5) is 0 Å². The Hall–Kier alpha value is -1.86. The lowest BCUT2D eigenvalue weighted by molar-refractivity contribution is 0.112. The third-order valence-electron chi connectivity index (χ3n) is 4.47. The fourth-order valence-electron chi connectivity index (χ4n) is 3.09. The average molecular weight is 425 g/mol. The molecule has 8 heteroatoms. The molecule has 0 saturated carbocycles. The lowest BCUT2D eigenvalue weighted by atomic mass is 10.1. The minimum atomic E-state index is -3.63. The Labute approximate surface area is 167 Å². The number of hydrogen-bond acceptors (Lipinski definition) is 3. The van der Waals surface area contributed by atoms with E-state index >= 15 is 0 Å². The van der Waals surface area contributed by atoms with E-state index in [0.29, 0.717) is 57.1 Å². The molecule has 2 aromatic carbocycles. The maximum Gasteiger partial charge on any atom is 0.243 e. The smallest absolute Gasteiger partial charge is 0.243 e. The van der Waals surface area contributed by atoms with Crippen molar-refractivity contribution >= 4 is 50.4 Å². The normalized spacial score (nSPS) is 12.0. The Morgan fingerprint density at radius 2 is 1.78 bits per heavy atom. The van der Waals surface area contributed by atoms with Gasteiger partial charge in [-0.1, -0.05) is 37.0 Å². The first-order chi connectivity index (χ1) is 12.8. The molecule has 0 unspecified atom stereocenters. The summed E-state index contributed by atoms with van der Waals surface area (Å²) in [7, 11) is -3.63. The Morgan fingerprint density at radius 3 is 2.41 bits per heavy atom. The zero-order valence-corrected chi connectivity index (χ0v) is 17.1. The number of halogens is 2. The molecule has 0 fully saturated rings. The Bertz CT molecular complexity index is 1120. The van der Waals surface area contributed by atoms with E-state index in [0.717, 1.165) is 0 Å². The van der Waals surface area contributed by atoms with Crippen molar-refractivity contribution in [2.24, 2.45) is 0 Å². The van der Waals surface area contributed by atoms with Crippen molar-refractivity contribution in [2.75, 3.05) is 13.1 Å². The van der Waals surface area contributed by atoms with Crippen molar-refractivity contribution in [3.63, 3.8) is 0 Å². The van der Waals surface area contributed by atoms with E-state index in [1.165, 1.54) is 16.4 Å². The summed E-state index contributed by atoms with van der Waals surface area (Å²) in [6, 6.07) is 9.67. The minimum absolute atomic E-state index is 0.143. The van der Waals surface area contributed by atoms with Gasteiger partial charge in [-0.25, -0.2) is 8.42 Å². The maximum atomic E-state index is 12.8. The second-order valence-electron chi connectivity index (χ2n) is 5.95. The van der Waals surface area contributed by atoms with Crippen LogP contribution >= 0.6 is 23.2 Å². The second-order valence-corrected chi connectivity index (χ2v) is 8.73. The first kappa shape index (κ1) is 19.9. The van der Waals surface area contributed by atoms with Crippen molar-refractivity contribution in [3.05, 3.63) is 52.0 Å². The number of fused-ring (bicyclic) bond motifs is 1. The summed E-state index contributed by atoms with van der Waals surface area (Å²) in [4.78, 5) is 15.1. The Balaban J connectivity index is 2.24. The SMILES string of the molecule is CCN(CC)S(=O)(=O)c1ccc2[nH]c(-c3cc(Cl)ccc3Cl)c(C=O)c2c1. The van der Waals surface area contributed by atoms with Gasteiger partial charge in [0.2, 0.25) is 10.0 Å². The molecule has 1 aromatic heterocycles. The highest BCUT2D eigenvalue weighted by Gasteiger charge is 2.23. The van der Waals surface area contributed by atoms with Crippen LogP contribution in [0.15, 0.2) is 41.3 Å². The van der Waals surface area contributed by atoms with E-state index in [1.54, 1.807) is 38.1 Å². The molecule has 0 spiro atoms. The fourth-order valence-corrected chi connectivity index (χ4v) is 4.96. The summed E-state index contributed by atoms with van der Waals surface area (Å²) >= 11 is 12.3. The van der Waals surface area contributed by atoms with Gasteiger partial charge in [0.1, 0.15) is 0 Å². The molecule has 3 rings (SSSR count). The first-order valence-electron chi connectivity index (χ1n) is 8.40. The van der Waals surface area contributed by atoms with Crippen LogP contribution in [-0.4, -0.2) is 37.1 Å². The highest BCUT2D eigenvalue weighted by Crippen LogP contribution is 2.36. The van der Waals surface area contributed by atoms with Gasteiger partial charge in [0, 0.05) is 40.1 Å². The highest BCUT2D eigenvalue weighted by molar-refractivity contribution is 7.89. The highest BCUT2D eigenvalue weighted by atomic mass is 35.5. The molecule has 142 valence electrons. The second kappa shape index (κ2) is 7.64. The van der Waals surface area contributed by atoms with Crippen LogP contribution in [0.3, 0.4) is 0 Å². The largest absolute Gasteiger partial charge is 0.354 e. The predicted molar refractivity (Wildman–Crippen MR) is 109 cm³/mol. The number of aromatic nitrogens is 1. The summed E-state index contributed by atoms with van der Waals surface area (Å²) in [6.45, 7) is 4.31. The van der Waals surface area contributed by atoms with Crippen molar-refractivity contribution in [2.45, 2.75) is 18.7 Å². The van der Waals surface area contributed by atoms with Crippen LogP contribution < -0.4 is 0 Å². The van der Waals surface area contributed by atoms with Crippen LogP contribution in [0.25, 0.3) is 22.2 Å². The van der Waals surface area contributed by atoms with Gasteiger partial charge in [0.05, 0.1) is 15.6 Å². The van der Waals surface area contributed by atoms with Gasteiger partial charge in [-0.15, -0.1) is 0 Å². The number of hydrogen-bond donors (Lipinski definition) is 1. The van der Waals surface area contributed by atoms with Gasteiger partial charge >= 0.3 is 0 Å². The summed E-state index contributed by atoms with van der Waals surface area (Å²) in [5, 5.41) is 1.43. The third-order valence-corrected chi connectivity index (χ3v) is 7.08. The Kier molecular flexibility index (Phi) is 5.63. The molecule has 0 saturated heterocycles. The number of H-pyrrole nitrogens is 1. The number of benzene rings is 2. The van der Waals surface area contributed by atoms with E-state index in [-0.39, 0.29) is 4.90 Å². The number of sulfonamides is 1. The lowest BCUT2D eigenvalue weighted by Gasteiger charge is -2.18. The molecule has 0 aliphatic rings. The van der Waals surface area contributed by atoms with Gasteiger partial charge in [0.15, 0.2) is 6.29 Å². The average Bonchev–Trinajstić information content (AvgIpc) is 3.02. The molecule has 1 N–H and O–H groups in total. The number of rotatable bonds is 6. The number of aldehydes is 1. The molecule has 0 amide bonds. The molecular formula is C19H18Cl2N2O3S. The van der Waals surface area contributed by atoms with E-state index in [9.17, 15) is 13.2 Å². The Morgan fingerprint density at radius 1 is 1.07 bits per heavy atom. The molecular weight excluding hydrogens is 407 g/mol. The van der Waals surface area contributed by atoms with E-state index in [4.69, 9.17) is 23.2 Å². The van der Waals surface area contributed by atoms with Crippen molar-refractivity contribution in [3.8, 4) is 11.3 Å². The lowest BCUT2D eigenvalue weighted by Crippen LogP contribution is -2.30. The van der Waals surface area contributed by atoms with Gasteiger partial charge < -0.3 is 4.98 Å². The quantitative estimate of drug-likeness (QED) is 0.566. The predicted octanol–water partition coefficient (Wildman–Crippen LogP) is 4.98. The molecule has 3 aromatic rings. The monoisotopic (exact) mass is 424 g/mol. The first-order valence-corrected chi connectivity index (χ1v) is 10.6. The molecule has 0 radical (unpaired) electrons. The molecule has 0 atom stereocenters. The summed E-state index contributed by atoms with van der Waals surface area (Å²) in [6.07, 6.45) is 0.694. The standard InChI is InChI=1S/C19H18Cl2N2O3S/c1-3-23(4-2)27(25,26)13-6-8-18-14(10-13)16(11-24)19(22-18)15-9-12(20)5-7-17(15)21/h5-11,22H,3-4H2,1-2H3. The van der Waals surface area contributed by atoms with Crippen LogP contribution in [-0.2, 0) is 10.0 Å². The van der Waals surface area contributed by atoms with Crippen molar-refractivity contribution in [1.82, 2.24) is 9.29 Å². The third kappa shape index (κ3) is 3.50. The van der Waals surface area contributed by atoms with Crippen LogP contribution in [0.5, 0.6) is 0 Å². The maximum absolute atomic E-state index is 12.8. The van der Waals surface area contributed by atoms with Gasteiger partial charge in [-0.05, 0) is 36.4 Å². The van der Waals surface area contributed by atoms with Crippen LogP contribution in [0.2, 0.25) is 10.0 Å². The number of carbonyl (C=O) groups is 1. The molecule has 0 bridgehead atoms. The van der Waals surface area contributed by atoms with Crippen molar-refractivity contribution in [1.29, 1.82) is 0 Å². The van der Waals surface area contributed by atoms with Gasteiger partial charge in [0.25, 0.3) is 0 Å². The summed E-state index contributed by atoms with van der Waals surface area (Å²) in [5.41, 5.74) is 2.06. The number of carbonyl (C=O) groups excluding carboxylic acids is 1. The van der Waals surface area contributed by atoms with Crippen LogP contribution in [0.1, 0.15) is 24.2 Å². The fraction of sp³-hybridized carbons (Fsp3) is 0.211. The van der Waals surface area contributed by atoms with E-state index in [1.807, 2.05) is 0 Å². The molecule has 27 heavy (non-hydrogen) atoms. The number of nitrogens with zero attached hydrogens (tertiary/aromatic N) is 1. The molecule has 0 aliphatic heterocycles. The van der Waals surface area contributed by atoms with E-state index in [2.05, 4.69) is 4.98 Å². The van der Waals surface area contributed by atoms with Gasteiger partial charge in [-0.2, -0.15) is 4.31 Å². The zero-order valence-electron chi connectivity index (χ0n) is 14.8. The van der Waals surface area contributed by atoms with Crippen LogP contribution in [0, 0.1) is 0 Å². The van der Waals surface area contributed by atoms with E-state index < -0.39 is 10.0 Å². The summed E-state index contributed by atoms with van der Waals surface area (Å²) < 4.78 is 27.0. The van der Waals surface area contributed by atoms with Gasteiger partial charge in [-0.3, -0.25) is 4.79 Å². The summed E-state index contributed by atoms with van der Waals surface area (Å²) in [5.74, 6) is 0. The topological polar surface area (TPSA) is 70.2 Å². The molecule has 1 heterocycles. The van der Waals surface area contributed by atoms with Crippen molar-refractivity contribution < 1.29 is 13.2 Å². The number of nitrogens with one attached hydrogen (secondary N) is 1. The zero-order chi connectivity index (χ0) is 19.8. The minimum Gasteiger partial charge on any atom is -0.354 e. The molecule has 5 nitrogen and oxygen atoms in total. The molecule has 0 aliphatic carbocycles. The number of aromatic amines is 1.